The summed E-state index contributed by atoms with van der Waals surface area (Å²) in [4.78, 5) is 14.6. The van der Waals surface area contributed by atoms with Crippen molar-refractivity contribution in [2.75, 3.05) is 19.0 Å². The van der Waals surface area contributed by atoms with E-state index < -0.39 is 11.7 Å². The van der Waals surface area contributed by atoms with E-state index in [1.807, 2.05) is 74.2 Å². The molecule has 8 heteroatoms. The first kappa shape index (κ1) is 27.7. The summed E-state index contributed by atoms with van der Waals surface area (Å²) in [5.74, 6) is 0.966. The zero-order valence-corrected chi connectivity index (χ0v) is 22.4. The van der Waals surface area contributed by atoms with Gasteiger partial charge in [-0.3, -0.25) is 0 Å². The Kier molecular flexibility index (Phi) is 10.5. The third-order valence-electron chi connectivity index (χ3n) is 5.40. The van der Waals surface area contributed by atoms with Gasteiger partial charge in [-0.1, -0.05) is 50.1 Å². The Hall–Kier alpha value is -2.51. The van der Waals surface area contributed by atoms with Crippen LogP contribution in [-0.2, 0) is 11.3 Å². The van der Waals surface area contributed by atoms with Crippen molar-refractivity contribution in [2.24, 2.45) is 5.92 Å². The highest BCUT2D eigenvalue weighted by Crippen LogP contribution is 2.21. The van der Waals surface area contributed by atoms with Crippen LogP contribution in [0.25, 0.3) is 0 Å². The van der Waals surface area contributed by atoms with Crippen LogP contribution < -0.4 is 15.4 Å². The Morgan fingerprint density at radius 1 is 1.15 bits per heavy atom. The van der Waals surface area contributed by atoms with Crippen molar-refractivity contribution in [1.82, 2.24) is 10.2 Å². The first-order valence-corrected chi connectivity index (χ1v) is 12.2. The Morgan fingerprint density at radius 3 is 2.35 bits per heavy atom. The van der Waals surface area contributed by atoms with Gasteiger partial charge in [-0.2, -0.15) is 0 Å². The SMILES string of the molecule is CCC(C)C(CN(Cc1ccccc1Cl)C(=S)Nc1ccc(OC)cc1)NC(=O)OC(C)(C)C. The molecule has 2 aromatic carbocycles. The maximum Gasteiger partial charge on any atom is 0.407 e. The van der Waals surface area contributed by atoms with E-state index in [0.29, 0.717) is 23.2 Å². The third-order valence-corrected chi connectivity index (χ3v) is 6.13. The van der Waals surface area contributed by atoms with Crippen molar-refractivity contribution in [3.63, 3.8) is 0 Å². The van der Waals surface area contributed by atoms with E-state index in [9.17, 15) is 4.79 Å². The number of nitrogens with one attached hydrogen (secondary N) is 2. The fraction of sp³-hybridized carbons (Fsp3) is 0.462. The lowest BCUT2D eigenvalue weighted by molar-refractivity contribution is 0.0478. The maximum atomic E-state index is 12.6. The van der Waals surface area contributed by atoms with Crippen LogP contribution in [0.1, 0.15) is 46.6 Å². The Morgan fingerprint density at radius 2 is 1.79 bits per heavy atom. The molecule has 0 aromatic heterocycles. The van der Waals surface area contributed by atoms with E-state index in [1.165, 1.54) is 0 Å². The van der Waals surface area contributed by atoms with Gasteiger partial charge in [-0.05, 0) is 74.8 Å². The van der Waals surface area contributed by atoms with Gasteiger partial charge in [0.15, 0.2) is 5.11 Å². The molecule has 2 unspecified atom stereocenters. The van der Waals surface area contributed by atoms with E-state index in [0.717, 1.165) is 23.4 Å². The zero-order chi connectivity index (χ0) is 25.3. The molecule has 0 spiro atoms. The number of hydrogen-bond acceptors (Lipinski definition) is 4. The van der Waals surface area contributed by atoms with Gasteiger partial charge in [0.2, 0.25) is 0 Å². The van der Waals surface area contributed by atoms with Crippen LogP contribution in [0.3, 0.4) is 0 Å². The van der Waals surface area contributed by atoms with E-state index in [1.54, 1.807) is 7.11 Å². The van der Waals surface area contributed by atoms with Crippen molar-refractivity contribution in [3.05, 3.63) is 59.1 Å². The molecule has 0 aliphatic carbocycles. The number of methoxy groups -OCH3 is 1. The van der Waals surface area contributed by atoms with Crippen LogP contribution in [-0.4, -0.2) is 41.4 Å². The molecule has 2 N–H and O–H groups in total. The molecule has 2 aromatic rings. The summed E-state index contributed by atoms with van der Waals surface area (Å²) in [5, 5.41) is 7.55. The second-order valence-electron chi connectivity index (χ2n) is 9.27. The Labute approximate surface area is 214 Å². The van der Waals surface area contributed by atoms with Crippen LogP contribution in [0, 0.1) is 5.92 Å². The van der Waals surface area contributed by atoms with E-state index in [4.69, 9.17) is 33.3 Å². The number of alkyl carbamates (subject to hydrolysis) is 1. The van der Waals surface area contributed by atoms with Gasteiger partial charge in [0, 0.05) is 23.8 Å². The molecule has 0 bridgehead atoms. The molecule has 0 heterocycles. The van der Waals surface area contributed by atoms with Crippen LogP contribution in [0.4, 0.5) is 10.5 Å². The largest absolute Gasteiger partial charge is 0.497 e. The fourth-order valence-corrected chi connectivity index (χ4v) is 3.73. The number of benzene rings is 2. The molecule has 34 heavy (non-hydrogen) atoms. The van der Waals surface area contributed by atoms with Crippen LogP contribution in [0.15, 0.2) is 48.5 Å². The van der Waals surface area contributed by atoms with E-state index in [-0.39, 0.29) is 12.0 Å². The van der Waals surface area contributed by atoms with Gasteiger partial charge in [0.1, 0.15) is 11.4 Å². The Balaban J connectivity index is 2.26. The van der Waals surface area contributed by atoms with Crippen molar-refractivity contribution < 1.29 is 14.3 Å². The van der Waals surface area contributed by atoms with Gasteiger partial charge in [-0.15, -0.1) is 0 Å². The van der Waals surface area contributed by atoms with Crippen LogP contribution in [0.5, 0.6) is 5.75 Å². The minimum Gasteiger partial charge on any atom is -0.497 e. The number of hydrogen-bond donors (Lipinski definition) is 2. The van der Waals surface area contributed by atoms with Crippen molar-refractivity contribution in [2.45, 2.75) is 59.2 Å². The number of anilines is 1. The zero-order valence-electron chi connectivity index (χ0n) is 20.9. The first-order valence-electron chi connectivity index (χ1n) is 11.4. The Bertz CT molecular complexity index is 947. The molecule has 2 atom stereocenters. The number of thiocarbonyl (C=S) groups is 1. The van der Waals surface area contributed by atoms with Crippen molar-refractivity contribution in [1.29, 1.82) is 0 Å². The lowest BCUT2D eigenvalue weighted by atomic mass is 9.98. The van der Waals surface area contributed by atoms with Gasteiger partial charge in [0.05, 0.1) is 13.2 Å². The second-order valence-corrected chi connectivity index (χ2v) is 10.1. The summed E-state index contributed by atoms with van der Waals surface area (Å²) < 4.78 is 10.7. The summed E-state index contributed by atoms with van der Waals surface area (Å²) >= 11 is 12.3. The van der Waals surface area contributed by atoms with Gasteiger partial charge >= 0.3 is 6.09 Å². The lowest BCUT2D eigenvalue weighted by Gasteiger charge is -2.34. The quantitative estimate of drug-likeness (QED) is 0.380. The summed E-state index contributed by atoms with van der Waals surface area (Å²) in [6.07, 6.45) is 0.448. The molecule has 0 fully saturated rings. The highest BCUT2D eigenvalue weighted by Gasteiger charge is 2.26. The number of ether oxygens (including phenoxy) is 2. The van der Waals surface area contributed by atoms with Gasteiger partial charge in [0.25, 0.3) is 0 Å². The number of carbonyl (C=O) groups excluding carboxylic acids is 1. The standard InChI is InChI=1S/C26H36ClN3O3S/c1-7-18(2)23(29-25(31)33-26(3,4)5)17-30(16-19-10-8-9-11-22(19)27)24(34)28-20-12-14-21(32-6)15-13-20/h8-15,18,23H,7,16-17H2,1-6H3,(H,28,34)(H,29,31). The van der Waals surface area contributed by atoms with E-state index in [2.05, 4.69) is 24.5 Å². The van der Waals surface area contributed by atoms with Crippen LogP contribution in [0.2, 0.25) is 5.02 Å². The molecule has 186 valence electrons. The normalized spacial score (nSPS) is 12.9. The predicted molar refractivity (Wildman–Crippen MR) is 144 cm³/mol. The molecule has 0 aliphatic heterocycles. The van der Waals surface area contributed by atoms with Crippen LogP contribution >= 0.6 is 23.8 Å². The minimum atomic E-state index is -0.577. The van der Waals surface area contributed by atoms with Gasteiger partial charge in [-0.25, -0.2) is 4.79 Å². The molecule has 0 saturated carbocycles. The highest BCUT2D eigenvalue weighted by atomic mass is 35.5. The number of carbonyl (C=O) groups is 1. The number of amides is 1. The number of rotatable bonds is 9. The maximum absolute atomic E-state index is 12.6. The summed E-state index contributed by atoms with van der Waals surface area (Å²) in [6, 6.07) is 15.1. The average Bonchev–Trinajstić information content (AvgIpc) is 2.78. The van der Waals surface area contributed by atoms with Crippen molar-refractivity contribution in [3.8, 4) is 5.75 Å². The average molecular weight is 506 g/mol. The van der Waals surface area contributed by atoms with E-state index >= 15 is 0 Å². The second kappa shape index (κ2) is 12.8. The molecule has 0 aliphatic rings. The molecule has 6 nitrogen and oxygen atoms in total. The lowest BCUT2D eigenvalue weighted by Crippen LogP contribution is -2.50. The molecular formula is C26H36ClN3O3S. The van der Waals surface area contributed by atoms with Gasteiger partial charge < -0.3 is 25.0 Å². The summed E-state index contributed by atoms with van der Waals surface area (Å²) in [5.41, 5.74) is 1.21. The monoisotopic (exact) mass is 505 g/mol. The molecule has 0 radical (unpaired) electrons. The minimum absolute atomic E-state index is 0.182. The molecule has 2 rings (SSSR count). The van der Waals surface area contributed by atoms with Crippen molar-refractivity contribution >= 4 is 40.7 Å². The molecular weight excluding hydrogens is 470 g/mol. The highest BCUT2D eigenvalue weighted by molar-refractivity contribution is 7.80. The molecule has 1 amide bonds. The first-order chi connectivity index (χ1) is 16.0. The summed E-state index contributed by atoms with van der Waals surface area (Å²) in [6.45, 7) is 10.7. The predicted octanol–water partition coefficient (Wildman–Crippen LogP) is 6.49. The molecule has 0 saturated heterocycles. The summed E-state index contributed by atoms with van der Waals surface area (Å²) in [7, 11) is 1.63. The topological polar surface area (TPSA) is 62.8 Å². The third kappa shape index (κ3) is 9.03. The number of halogens is 1. The number of nitrogens with zero attached hydrogens (tertiary/aromatic N) is 1. The smallest absolute Gasteiger partial charge is 0.407 e. The fourth-order valence-electron chi connectivity index (χ4n) is 3.28.